The van der Waals surface area contributed by atoms with Gasteiger partial charge in [-0.2, -0.15) is 5.26 Å². The Kier molecular flexibility index (Phi) is 4.40. The van der Waals surface area contributed by atoms with Crippen molar-refractivity contribution in [2.45, 2.75) is 19.8 Å². The van der Waals surface area contributed by atoms with E-state index in [0.29, 0.717) is 26.1 Å². The average Bonchev–Trinajstić information content (AvgIpc) is 2.47. The third kappa shape index (κ3) is 3.05. The Morgan fingerprint density at radius 1 is 1.53 bits per heavy atom. The minimum absolute atomic E-state index is 0.0199. The quantitative estimate of drug-likeness (QED) is 0.898. The molecule has 1 aromatic rings. The lowest BCUT2D eigenvalue weighted by atomic mass is 9.93. The molecule has 1 aliphatic rings. The fraction of sp³-hybridized carbons (Fsp3) is 0.467. The molecular weight excluding hydrogens is 238 g/mol. The Balaban J connectivity index is 2.03. The Morgan fingerprint density at radius 3 is 3.05 bits per heavy atom. The van der Waals surface area contributed by atoms with Crippen molar-refractivity contribution in [3.05, 3.63) is 29.8 Å². The van der Waals surface area contributed by atoms with E-state index in [1.807, 2.05) is 25.1 Å². The summed E-state index contributed by atoms with van der Waals surface area (Å²) in [6, 6.07) is 10.2. The molecule has 0 saturated carbocycles. The second-order valence-electron chi connectivity index (χ2n) is 4.77. The van der Waals surface area contributed by atoms with E-state index in [1.54, 1.807) is 4.90 Å². The van der Waals surface area contributed by atoms with Crippen LogP contribution < -0.4 is 5.32 Å². The molecule has 0 bridgehead atoms. The molecule has 1 aliphatic heterocycles. The number of fused-ring (bicyclic) bond motifs is 1. The number of nitrogens with zero attached hydrogens (tertiary/aromatic N) is 2. The van der Waals surface area contributed by atoms with Gasteiger partial charge < -0.3 is 10.2 Å². The molecular formula is C15H19N3O. The zero-order chi connectivity index (χ0) is 13.7. The molecule has 1 aromatic carbocycles. The first-order chi connectivity index (χ1) is 9.26. The molecule has 0 aromatic heterocycles. The first-order valence-electron chi connectivity index (χ1n) is 6.73. The summed E-state index contributed by atoms with van der Waals surface area (Å²) in [4.78, 5) is 14.2. The van der Waals surface area contributed by atoms with Gasteiger partial charge in [-0.1, -0.05) is 18.2 Å². The summed E-state index contributed by atoms with van der Waals surface area (Å²) in [6.45, 7) is 3.83. The maximum atomic E-state index is 12.4. The lowest BCUT2D eigenvalue weighted by Crippen LogP contribution is -2.41. The summed E-state index contributed by atoms with van der Waals surface area (Å²) >= 11 is 0. The molecule has 0 saturated heterocycles. The van der Waals surface area contributed by atoms with Crippen LogP contribution in [0.2, 0.25) is 0 Å². The first kappa shape index (κ1) is 13.4. The standard InChI is InChI=1S/C15H19N3O/c1-2-18(9-5-8-16)15(19)13-10-12-6-3-4-7-14(12)17-11-13/h3-4,6-7,13,17H,2,5,9-11H2,1H3. The van der Waals surface area contributed by atoms with Crippen LogP contribution >= 0.6 is 0 Å². The summed E-state index contributed by atoms with van der Waals surface area (Å²) < 4.78 is 0. The van der Waals surface area contributed by atoms with Crippen LogP contribution in [0.1, 0.15) is 18.9 Å². The highest BCUT2D eigenvalue weighted by Crippen LogP contribution is 2.25. The van der Waals surface area contributed by atoms with Gasteiger partial charge in [0.2, 0.25) is 5.91 Å². The van der Waals surface area contributed by atoms with E-state index in [9.17, 15) is 4.79 Å². The largest absolute Gasteiger partial charge is 0.384 e. The normalized spacial score (nSPS) is 16.9. The van der Waals surface area contributed by atoms with Gasteiger partial charge in [0.1, 0.15) is 0 Å². The summed E-state index contributed by atoms with van der Waals surface area (Å²) in [5.74, 6) is 0.133. The zero-order valence-electron chi connectivity index (χ0n) is 11.2. The molecule has 0 aliphatic carbocycles. The van der Waals surface area contributed by atoms with Crippen LogP contribution in [0.4, 0.5) is 5.69 Å². The molecule has 0 spiro atoms. The number of carbonyl (C=O) groups excluding carboxylic acids is 1. The minimum Gasteiger partial charge on any atom is -0.384 e. The molecule has 19 heavy (non-hydrogen) atoms. The van der Waals surface area contributed by atoms with Crippen LogP contribution in [0, 0.1) is 17.2 Å². The van der Waals surface area contributed by atoms with Gasteiger partial charge in [0.05, 0.1) is 18.4 Å². The second-order valence-corrected chi connectivity index (χ2v) is 4.77. The van der Waals surface area contributed by atoms with Crippen LogP contribution in [0.5, 0.6) is 0 Å². The van der Waals surface area contributed by atoms with E-state index in [4.69, 9.17) is 5.26 Å². The number of para-hydroxylation sites is 1. The number of amides is 1. The molecule has 100 valence electrons. The molecule has 4 heteroatoms. The average molecular weight is 257 g/mol. The monoisotopic (exact) mass is 257 g/mol. The third-order valence-electron chi connectivity index (χ3n) is 3.56. The van der Waals surface area contributed by atoms with Gasteiger partial charge >= 0.3 is 0 Å². The molecule has 1 heterocycles. The lowest BCUT2D eigenvalue weighted by Gasteiger charge is -2.30. The van der Waals surface area contributed by atoms with E-state index in [0.717, 1.165) is 12.1 Å². The topological polar surface area (TPSA) is 56.1 Å². The summed E-state index contributed by atoms with van der Waals surface area (Å²) in [7, 11) is 0. The Hall–Kier alpha value is -2.02. The summed E-state index contributed by atoms with van der Waals surface area (Å²) in [5.41, 5.74) is 2.33. The van der Waals surface area contributed by atoms with Crippen LogP contribution in [0.25, 0.3) is 0 Å². The van der Waals surface area contributed by atoms with Gasteiger partial charge in [0.15, 0.2) is 0 Å². The molecule has 2 rings (SSSR count). The van der Waals surface area contributed by atoms with E-state index in [1.165, 1.54) is 5.56 Å². The van der Waals surface area contributed by atoms with Crippen molar-refractivity contribution < 1.29 is 4.79 Å². The highest BCUT2D eigenvalue weighted by atomic mass is 16.2. The number of nitriles is 1. The van der Waals surface area contributed by atoms with E-state index in [-0.39, 0.29) is 11.8 Å². The summed E-state index contributed by atoms with van der Waals surface area (Å²) in [6.07, 6.45) is 1.18. The van der Waals surface area contributed by atoms with Crippen molar-refractivity contribution in [1.29, 1.82) is 5.26 Å². The number of hydrogen-bond acceptors (Lipinski definition) is 3. The molecule has 1 N–H and O–H groups in total. The number of anilines is 1. The lowest BCUT2D eigenvalue weighted by molar-refractivity contribution is -0.134. The minimum atomic E-state index is -0.0199. The van der Waals surface area contributed by atoms with Crippen LogP contribution in [0.3, 0.4) is 0 Å². The number of hydrogen-bond donors (Lipinski definition) is 1. The molecule has 0 radical (unpaired) electrons. The number of nitrogens with one attached hydrogen (secondary N) is 1. The zero-order valence-corrected chi connectivity index (χ0v) is 11.2. The third-order valence-corrected chi connectivity index (χ3v) is 3.56. The fourth-order valence-electron chi connectivity index (χ4n) is 2.48. The van der Waals surface area contributed by atoms with E-state index >= 15 is 0 Å². The van der Waals surface area contributed by atoms with Crippen LogP contribution in [-0.2, 0) is 11.2 Å². The SMILES string of the molecule is CCN(CCC#N)C(=O)C1CNc2ccccc2C1. The number of rotatable bonds is 4. The number of benzene rings is 1. The van der Waals surface area contributed by atoms with Crippen molar-refractivity contribution >= 4 is 11.6 Å². The number of carbonyl (C=O) groups is 1. The van der Waals surface area contributed by atoms with Crippen molar-refractivity contribution in [1.82, 2.24) is 4.90 Å². The highest BCUT2D eigenvalue weighted by Gasteiger charge is 2.27. The van der Waals surface area contributed by atoms with Crippen LogP contribution in [0.15, 0.2) is 24.3 Å². The predicted octanol–water partition coefficient (Wildman–Crippen LogP) is 2.03. The Bertz CT molecular complexity index is 492. The first-order valence-corrected chi connectivity index (χ1v) is 6.73. The molecule has 1 amide bonds. The smallest absolute Gasteiger partial charge is 0.227 e. The molecule has 1 unspecified atom stereocenters. The summed E-state index contributed by atoms with van der Waals surface area (Å²) in [5, 5.41) is 11.9. The van der Waals surface area contributed by atoms with Gasteiger partial charge in [-0.05, 0) is 25.0 Å². The maximum Gasteiger partial charge on any atom is 0.227 e. The maximum absolute atomic E-state index is 12.4. The van der Waals surface area contributed by atoms with Gasteiger partial charge in [-0.3, -0.25) is 4.79 Å². The van der Waals surface area contributed by atoms with Gasteiger partial charge in [0.25, 0.3) is 0 Å². The Morgan fingerprint density at radius 2 is 2.32 bits per heavy atom. The van der Waals surface area contributed by atoms with Gasteiger partial charge in [-0.15, -0.1) is 0 Å². The van der Waals surface area contributed by atoms with E-state index in [2.05, 4.69) is 17.5 Å². The second kappa shape index (κ2) is 6.24. The fourth-order valence-corrected chi connectivity index (χ4v) is 2.48. The van der Waals surface area contributed by atoms with Crippen molar-refractivity contribution in [3.63, 3.8) is 0 Å². The van der Waals surface area contributed by atoms with Gasteiger partial charge in [0, 0.05) is 25.3 Å². The molecule has 0 fully saturated rings. The Labute approximate surface area is 114 Å². The van der Waals surface area contributed by atoms with E-state index < -0.39 is 0 Å². The van der Waals surface area contributed by atoms with Gasteiger partial charge in [-0.25, -0.2) is 0 Å². The molecule has 1 atom stereocenters. The van der Waals surface area contributed by atoms with Crippen molar-refractivity contribution in [2.75, 3.05) is 25.0 Å². The predicted molar refractivity (Wildman–Crippen MR) is 74.6 cm³/mol. The van der Waals surface area contributed by atoms with Crippen molar-refractivity contribution in [2.24, 2.45) is 5.92 Å². The molecule has 4 nitrogen and oxygen atoms in total. The highest BCUT2D eigenvalue weighted by molar-refractivity contribution is 5.81. The van der Waals surface area contributed by atoms with Crippen LogP contribution in [-0.4, -0.2) is 30.4 Å². The van der Waals surface area contributed by atoms with Crippen molar-refractivity contribution in [3.8, 4) is 6.07 Å².